The third kappa shape index (κ3) is 3.62. The Balaban J connectivity index is 2.47. The lowest BCUT2D eigenvalue weighted by Gasteiger charge is -2.41. The largest absolute Gasteiger partial charge is 0.303 e. The van der Waals surface area contributed by atoms with Crippen LogP contribution in [0, 0.1) is 0 Å². The van der Waals surface area contributed by atoms with Gasteiger partial charge in [0.15, 0.2) is 5.78 Å². The first-order chi connectivity index (χ1) is 9.63. The summed E-state index contributed by atoms with van der Waals surface area (Å²) >= 11 is 0. The predicted molar refractivity (Wildman–Crippen MR) is 89.7 cm³/mol. The van der Waals surface area contributed by atoms with Crippen LogP contribution >= 0.6 is 0 Å². The van der Waals surface area contributed by atoms with E-state index in [0.29, 0.717) is 0 Å². The highest BCUT2D eigenvalue weighted by atomic mass is 16.1. The molecule has 1 aliphatic rings. The van der Waals surface area contributed by atoms with Gasteiger partial charge in [-0.05, 0) is 64.2 Å². The molecule has 2 heteroatoms. The summed E-state index contributed by atoms with van der Waals surface area (Å²) in [6.07, 6.45) is 4.21. The van der Waals surface area contributed by atoms with Gasteiger partial charge >= 0.3 is 0 Å². The molecule has 0 spiro atoms. The topological polar surface area (TPSA) is 29.1 Å². The van der Waals surface area contributed by atoms with Crippen LogP contribution in [-0.2, 0) is 6.42 Å². The van der Waals surface area contributed by atoms with Crippen molar-refractivity contribution >= 4 is 11.4 Å². The minimum Gasteiger partial charge on any atom is -0.303 e. The third-order valence-corrected chi connectivity index (χ3v) is 4.06. The normalized spacial score (nSPS) is 20.0. The van der Waals surface area contributed by atoms with E-state index >= 15 is 0 Å². The average Bonchev–Trinajstić information content (AvgIpc) is 2.34. The molecule has 1 N–H and O–H groups in total. The zero-order valence-corrected chi connectivity index (χ0v) is 14.1. The SMILES string of the molecule is CCc1cc(C2=CC(C)(C)NC(C)(C)C2)ccc1C(C)=O. The van der Waals surface area contributed by atoms with Gasteiger partial charge in [-0.3, -0.25) is 4.79 Å². The molecule has 1 aromatic rings. The summed E-state index contributed by atoms with van der Waals surface area (Å²) in [5.41, 5.74) is 4.69. The van der Waals surface area contributed by atoms with Gasteiger partial charge in [0.25, 0.3) is 0 Å². The summed E-state index contributed by atoms with van der Waals surface area (Å²) in [6, 6.07) is 6.28. The van der Waals surface area contributed by atoms with Crippen LogP contribution < -0.4 is 5.32 Å². The smallest absolute Gasteiger partial charge is 0.160 e. The van der Waals surface area contributed by atoms with Crippen LogP contribution in [0.25, 0.3) is 5.57 Å². The second-order valence-electron chi connectivity index (χ2n) is 7.36. The van der Waals surface area contributed by atoms with Crippen molar-refractivity contribution in [3.63, 3.8) is 0 Å². The highest BCUT2D eigenvalue weighted by Crippen LogP contribution is 2.34. The average molecular weight is 285 g/mol. The van der Waals surface area contributed by atoms with Gasteiger partial charge in [0.2, 0.25) is 0 Å². The second-order valence-corrected chi connectivity index (χ2v) is 7.36. The number of Topliss-reactive ketones (excluding diaryl/α,β-unsaturated/α-hetero) is 1. The number of ketones is 1. The molecule has 2 rings (SSSR count). The van der Waals surface area contributed by atoms with Gasteiger partial charge in [-0.2, -0.15) is 0 Å². The summed E-state index contributed by atoms with van der Waals surface area (Å²) in [6.45, 7) is 12.6. The van der Waals surface area contributed by atoms with E-state index in [1.807, 2.05) is 6.07 Å². The van der Waals surface area contributed by atoms with Crippen LogP contribution in [0.5, 0.6) is 0 Å². The highest BCUT2D eigenvalue weighted by Gasteiger charge is 2.32. The van der Waals surface area contributed by atoms with E-state index < -0.39 is 0 Å². The van der Waals surface area contributed by atoms with Crippen molar-refractivity contribution in [1.29, 1.82) is 0 Å². The standard InChI is InChI=1S/C19H27NO/c1-7-14-10-15(8-9-17(14)13(2)21)16-11-18(3,4)20-19(5,6)12-16/h8-11,20H,7,12H2,1-6H3. The molecule has 2 nitrogen and oxygen atoms in total. The predicted octanol–water partition coefficient (Wildman–Crippen LogP) is 4.39. The van der Waals surface area contributed by atoms with E-state index in [1.165, 1.54) is 11.1 Å². The first-order valence-electron chi connectivity index (χ1n) is 7.79. The molecule has 0 aromatic heterocycles. The van der Waals surface area contributed by atoms with Crippen LogP contribution in [0.15, 0.2) is 24.3 Å². The third-order valence-electron chi connectivity index (χ3n) is 4.06. The minimum absolute atomic E-state index is 0.0112. The molecule has 1 heterocycles. The van der Waals surface area contributed by atoms with Crippen molar-refractivity contribution in [2.75, 3.05) is 0 Å². The monoisotopic (exact) mass is 285 g/mol. The van der Waals surface area contributed by atoms with Gasteiger partial charge in [-0.15, -0.1) is 0 Å². The fraction of sp³-hybridized carbons (Fsp3) is 0.526. The fourth-order valence-electron chi connectivity index (χ4n) is 3.53. The number of carbonyl (C=O) groups excluding carboxylic acids is 1. The van der Waals surface area contributed by atoms with Gasteiger partial charge in [0, 0.05) is 16.6 Å². The molecule has 0 bridgehead atoms. The fourth-order valence-corrected chi connectivity index (χ4v) is 3.53. The molecule has 0 atom stereocenters. The van der Waals surface area contributed by atoms with E-state index in [9.17, 15) is 4.79 Å². The van der Waals surface area contributed by atoms with Crippen LogP contribution in [0.3, 0.4) is 0 Å². The molecule has 0 aliphatic carbocycles. The molecule has 0 amide bonds. The molecule has 1 aromatic carbocycles. The minimum atomic E-state index is -0.0112. The Labute approximate surface area is 128 Å². The quantitative estimate of drug-likeness (QED) is 0.835. The van der Waals surface area contributed by atoms with E-state index in [1.54, 1.807) is 6.92 Å². The highest BCUT2D eigenvalue weighted by molar-refractivity contribution is 5.96. The number of rotatable bonds is 3. The Hall–Kier alpha value is -1.41. The summed E-state index contributed by atoms with van der Waals surface area (Å²) in [5, 5.41) is 3.66. The lowest BCUT2D eigenvalue weighted by molar-refractivity contribution is 0.101. The lowest BCUT2D eigenvalue weighted by Crippen LogP contribution is -2.53. The summed E-state index contributed by atoms with van der Waals surface area (Å²) in [7, 11) is 0. The van der Waals surface area contributed by atoms with Crippen molar-refractivity contribution in [3.05, 3.63) is 41.0 Å². The molecule has 0 saturated carbocycles. The molecule has 114 valence electrons. The van der Waals surface area contributed by atoms with E-state index in [2.05, 4.69) is 58.1 Å². The summed E-state index contributed by atoms with van der Waals surface area (Å²) in [4.78, 5) is 11.7. The molecular weight excluding hydrogens is 258 g/mol. The van der Waals surface area contributed by atoms with Crippen molar-refractivity contribution < 1.29 is 4.79 Å². The number of hydrogen-bond acceptors (Lipinski definition) is 2. The van der Waals surface area contributed by atoms with E-state index in [4.69, 9.17) is 0 Å². The Morgan fingerprint density at radius 3 is 2.43 bits per heavy atom. The van der Waals surface area contributed by atoms with Gasteiger partial charge in [0.05, 0.1) is 0 Å². The number of carbonyl (C=O) groups is 1. The molecule has 0 radical (unpaired) electrons. The van der Waals surface area contributed by atoms with Crippen molar-refractivity contribution in [2.24, 2.45) is 0 Å². The van der Waals surface area contributed by atoms with Gasteiger partial charge < -0.3 is 5.32 Å². The second kappa shape index (κ2) is 5.42. The number of benzene rings is 1. The molecule has 1 aliphatic heterocycles. The van der Waals surface area contributed by atoms with Crippen molar-refractivity contribution in [1.82, 2.24) is 5.32 Å². The first-order valence-corrected chi connectivity index (χ1v) is 7.79. The van der Waals surface area contributed by atoms with Gasteiger partial charge in [-0.1, -0.05) is 31.2 Å². The van der Waals surface area contributed by atoms with Gasteiger partial charge in [0.1, 0.15) is 0 Å². The van der Waals surface area contributed by atoms with E-state index in [0.717, 1.165) is 24.0 Å². The maximum atomic E-state index is 11.7. The maximum Gasteiger partial charge on any atom is 0.160 e. The number of aryl methyl sites for hydroxylation is 1. The zero-order valence-electron chi connectivity index (χ0n) is 14.1. The number of hydrogen-bond donors (Lipinski definition) is 1. The lowest BCUT2D eigenvalue weighted by atomic mass is 9.80. The number of nitrogens with one attached hydrogen (secondary N) is 1. The Morgan fingerprint density at radius 2 is 1.90 bits per heavy atom. The molecule has 21 heavy (non-hydrogen) atoms. The Morgan fingerprint density at radius 1 is 1.24 bits per heavy atom. The Kier molecular flexibility index (Phi) is 4.12. The maximum absolute atomic E-state index is 11.7. The van der Waals surface area contributed by atoms with Crippen LogP contribution in [0.4, 0.5) is 0 Å². The molecular formula is C19H27NO. The van der Waals surface area contributed by atoms with Crippen LogP contribution in [-0.4, -0.2) is 16.9 Å². The summed E-state index contributed by atoms with van der Waals surface area (Å²) < 4.78 is 0. The Bertz CT molecular complexity index is 594. The van der Waals surface area contributed by atoms with Gasteiger partial charge in [-0.25, -0.2) is 0 Å². The molecule has 0 unspecified atom stereocenters. The van der Waals surface area contributed by atoms with Crippen LogP contribution in [0.1, 0.15) is 69.4 Å². The van der Waals surface area contributed by atoms with Crippen molar-refractivity contribution in [3.8, 4) is 0 Å². The molecule has 0 fully saturated rings. The zero-order chi connectivity index (χ0) is 15.8. The first kappa shape index (κ1) is 16.0. The van der Waals surface area contributed by atoms with Crippen LogP contribution in [0.2, 0.25) is 0 Å². The van der Waals surface area contributed by atoms with E-state index in [-0.39, 0.29) is 16.9 Å². The summed E-state index contributed by atoms with van der Waals surface area (Å²) in [5.74, 6) is 0.151. The molecule has 0 saturated heterocycles. The van der Waals surface area contributed by atoms with Crippen molar-refractivity contribution in [2.45, 2.75) is 65.5 Å².